The molecule has 138 valence electrons. The Bertz CT molecular complexity index is 891. The van der Waals surface area contributed by atoms with Crippen molar-refractivity contribution in [3.8, 4) is 5.75 Å². The molecule has 0 aromatic heterocycles. The molecule has 1 atom stereocenters. The van der Waals surface area contributed by atoms with E-state index in [0.29, 0.717) is 12.0 Å². The monoisotopic (exact) mass is 487 g/mol. The van der Waals surface area contributed by atoms with E-state index in [-0.39, 0.29) is 11.8 Å². The van der Waals surface area contributed by atoms with E-state index in [4.69, 9.17) is 4.74 Å². The fraction of sp³-hybridized carbons (Fsp3) is 0.136. The van der Waals surface area contributed by atoms with E-state index in [0.717, 1.165) is 25.9 Å². The summed E-state index contributed by atoms with van der Waals surface area (Å²) in [5.74, 6) is 0.819. The maximum absolute atomic E-state index is 12.8. The Morgan fingerprint density at radius 2 is 1.44 bits per heavy atom. The van der Waals surface area contributed by atoms with Gasteiger partial charge in [-0.25, -0.2) is 0 Å². The zero-order valence-corrected chi connectivity index (χ0v) is 18.0. The number of carbonyl (C=O) groups excluding carboxylic acids is 1. The number of nitrogens with one attached hydrogen (secondary N) is 1. The van der Waals surface area contributed by atoms with Gasteiger partial charge in [0.15, 0.2) is 5.78 Å². The van der Waals surface area contributed by atoms with Crippen LogP contribution in [0, 0.1) is 0 Å². The van der Waals surface area contributed by atoms with E-state index in [9.17, 15) is 4.79 Å². The molecule has 3 aromatic carbocycles. The molecule has 0 heterocycles. The molecule has 3 aromatic rings. The van der Waals surface area contributed by atoms with Gasteiger partial charge in [0, 0.05) is 26.6 Å². The van der Waals surface area contributed by atoms with Gasteiger partial charge >= 0.3 is 0 Å². The summed E-state index contributed by atoms with van der Waals surface area (Å²) in [6.45, 7) is 0. The first-order chi connectivity index (χ1) is 13.0. The van der Waals surface area contributed by atoms with Crippen molar-refractivity contribution in [3.63, 3.8) is 0 Å². The summed E-state index contributed by atoms with van der Waals surface area (Å²) in [6.07, 6.45) is 0.351. The van der Waals surface area contributed by atoms with Crippen LogP contribution in [0.25, 0.3) is 0 Å². The Morgan fingerprint density at radius 3 is 2.00 bits per heavy atom. The Kier molecular flexibility index (Phi) is 6.69. The molecule has 5 heteroatoms. The van der Waals surface area contributed by atoms with Crippen LogP contribution in [0.3, 0.4) is 0 Å². The molecule has 0 aliphatic heterocycles. The number of Topliss-reactive ketones (excluding diaryl/α,β-unsaturated/α-hetero) is 1. The summed E-state index contributed by atoms with van der Waals surface area (Å²) in [4.78, 5) is 12.8. The molecule has 0 saturated carbocycles. The number of carbonyl (C=O) groups is 1. The van der Waals surface area contributed by atoms with Crippen molar-refractivity contribution in [1.82, 2.24) is 0 Å². The van der Waals surface area contributed by atoms with E-state index in [1.165, 1.54) is 0 Å². The topological polar surface area (TPSA) is 38.3 Å². The van der Waals surface area contributed by atoms with Crippen LogP contribution in [0.5, 0.6) is 5.75 Å². The Labute approximate surface area is 176 Å². The maximum Gasteiger partial charge on any atom is 0.165 e. The second kappa shape index (κ2) is 9.20. The first kappa shape index (κ1) is 19.6. The lowest BCUT2D eigenvalue weighted by molar-refractivity contribution is 0.0976. The van der Waals surface area contributed by atoms with Gasteiger partial charge in [0.2, 0.25) is 0 Å². The number of halogens is 2. The number of hydrogen-bond donors (Lipinski definition) is 1. The van der Waals surface area contributed by atoms with Crippen LogP contribution in [0.1, 0.15) is 28.4 Å². The molecule has 27 heavy (non-hydrogen) atoms. The van der Waals surface area contributed by atoms with Crippen LogP contribution in [0.2, 0.25) is 0 Å². The molecular formula is C22H19Br2NO2. The number of methoxy groups -OCH3 is 1. The Morgan fingerprint density at radius 1 is 0.889 bits per heavy atom. The summed E-state index contributed by atoms with van der Waals surface area (Å²) in [7, 11) is 1.61. The van der Waals surface area contributed by atoms with Crippen LogP contribution < -0.4 is 10.1 Å². The van der Waals surface area contributed by atoms with E-state index in [2.05, 4.69) is 37.2 Å². The highest BCUT2D eigenvalue weighted by atomic mass is 79.9. The minimum absolute atomic E-state index is 0.0789. The average molecular weight is 489 g/mol. The maximum atomic E-state index is 12.8. The molecule has 3 nitrogen and oxygen atoms in total. The molecule has 0 bridgehead atoms. The van der Waals surface area contributed by atoms with Crippen molar-refractivity contribution >= 4 is 43.3 Å². The molecular weight excluding hydrogens is 470 g/mol. The molecule has 0 unspecified atom stereocenters. The van der Waals surface area contributed by atoms with Gasteiger partial charge in [-0.15, -0.1) is 0 Å². The SMILES string of the molecule is COc1ccc(C(=O)C[C@H](Nc2ccc(Br)cc2)c2ccc(Br)cc2)cc1. The van der Waals surface area contributed by atoms with Crippen molar-refractivity contribution in [1.29, 1.82) is 0 Å². The second-order valence-electron chi connectivity index (χ2n) is 6.11. The summed E-state index contributed by atoms with van der Waals surface area (Å²) in [5, 5.41) is 3.48. The highest BCUT2D eigenvalue weighted by Gasteiger charge is 2.17. The number of hydrogen-bond acceptors (Lipinski definition) is 3. The van der Waals surface area contributed by atoms with Crippen molar-refractivity contribution in [2.24, 2.45) is 0 Å². The predicted molar refractivity (Wildman–Crippen MR) is 117 cm³/mol. The summed E-state index contributed by atoms with van der Waals surface area (Å²) in [5.41, 5.74) is 2.70. The summed E-state index contributed by atoms with van der Waals surface area (Å²) in [6, 6.07) is 23.1. The van der Waals surface area contributed by atoms with Gasteiger partial charge in [0.05, 0.1) is 13.2 Å². The van der Waals surface area contributed by atoms with Crippen LogP contribution in [-0.2, 0) is 0 Å². The summed E-state index contributed by atoms with van der Waals surface area (Å²) < 4.78 is 7.19. The minimum atomic E-state index is -0.131. The standard InChI is InChI=1S/C22H19Br2NO2/c1-27-20-12-4-16(5-13-20)22(26)14-21(15-2-6-17(23)7-3-15)25-19-10-8-18(24)9-11-19/h2-13,21,25H,14H2,1H3/t21-/m0/s1. The van der Waals surface area contributed by atoms with Gasteiger partial charge in [-0.05, 0) is 66.2 Å². The molecule has 0 radical (unpaired) electrons. The Balaban J connectivity index is 1.82. The lowest BCUT2D eigenvalue weighted by Gasteiger charge is -2.20. The fourth-order valence-corrected chi connectivity index (χ4v) is 3.30. The number of anilines is 1. The van der Waals surface area contributed by atoms with E-state index in [1.54, 1.807) is 19.2 Å². The molecule has 0 amide bonds. The highest BCUT2D eigenvalue weighted by Crippen LogP contribution is 2.27. The molecule has 0 fully saturated rings. The normalized spacial score (nSPS) is 11.7. The molecule has 0 saturated heterocycles. The van der Waals surface area contributed by atoms with Gasteiger partial charge in [-0.1, -0.05) is 44.0 Å². The molecule has 3 rings (SSSR count). The largest absolute Gasteiger partial charge is 0.497 e. The van der Waals surface area contributed by atoms with E-state index in [1.807, 2.05) is 60.7 Å². The number of rotatable bonds is 7. The first-order valence-corrected chi connectivity index (χ1v) is 10.1. The van der Waals surface area contributed by atoms with Gasteiger partial charge < -0.3 is 10.1 Å². The number of benzene rings is 3. The van der Waals surface area contributed by atoms with Gasteiger partial charge in [0.1, 0.15) is 5.75 Å². The zero-order valence-electron chi connectivity index (χ0n) is 14.8. The Hall–Kier alpha value is -2.11. The lowest BCUT2D eigenvalue weighted by Crippen LogP contribution is -2.15. The van der Waals surface area contributed by atoms with Crippen LogP contribution in [0.4, 0.5) is 5.69 Å². The molecule has 0 spiro atoms. The molecule has 0 aliphatic carbocycles. The van der Waals surface area contributed by atoms with Crippen molar-refractivity contribution < 1.29 is 9.53 Å². The van der Waals surface area contributed by atoms with Gasteiger partial charge in [-0.3, -0.25) is 4.79 Å². The van der Waals surface area contributed by atoms with Crippen LogP contribution in [-0.4, -0.2) is 12.9 Å². The highest BCUT2D eigenvalue weighted by molar-refractivity contribution is 9.10. The smallest absolute Gasteiger partial charge is 0.165 e. The number of ketones is 1. The quantitative estimate of drug-likeness (QED) is 0.378. The first-order valence-electron chi connectivity index (χ1n) is 8.50. The molecule has 0 aliphatic rings. The second-order valence-corrected chi connectivity index (χ2v) is 7.94. The van der Waals surface area contributed by atoms with E-state index < -0.39 is 0 Å². The molecule has 1 N–H and O–H groups in total. The fourth-order valence-electron chi connectivity index (χ4n) is 2.77. The van der Waals surface area contributed by atoms with E-state index >= 15 is 0 Å². The van der Waals surface area contributed by atoms with Crippen molar-refractivity contribution in [2.45, 2.75) is 12.5 Å². The number of ether oxygens (including phenoxy) is 1. The predicted octanol–water partition coefficient (Wildman–Crippen LogP) is 6.65. The zero-order chi connectivity index (χ0) is 19.2. The third kappa shape index (κ3) is 5.44. The average Bonchev–Trinajstić information content (AvgIpc) is 2.70. The van der Waals surface area contributed by atoms with Gasteiger partial charge in [0.25, 0.3) is 0 Å². The third-order valence-corrected chi connectivity index (χ3v) is 5.32. The lowest BCUT2D eigenvalue weighted by atomic mass is 9.97. The third-order valence-electron chi connectivity index (χ3n) is 4.26. The van der Waals surface area contributed by atoms with Crippen molar-refractivity contribution in [3.05, 3.63) is 92.9 Å². The van der Waals surface area contributed by atoms with Crippen molar-refractivity contribution in [2.75, 3.05) is 12.4 Å². The minimum Gasteiger partial charge on any atom is -0.497 e. The van der Waals surface area contributed by atoms with Crippen LogP contribution in [0.15, 0.2) is 81.7 Å². The van der Waals surface area contributed by atoms with Crippen LogP contribution >= 0.6 is 31.9 Å². The van der Waals surface area contributed by atoms with Gasteiger partial charge in [-0.2, -0.15) is 0 Å². The summed E-state index contributed by atoms with van der Waals surface area (Å²) >= 11 is 6.92.